The summed E-state index contributed by atoms with van der Waals surface area (Å²) >= 11 is 0. The van der Waals surface area contributed by atoms with Crippen LogP contribution in [0.3, 0.4) is 0 Å². The third-order valence-corrected chi connectivity index (χ3v) is 3.99. The second kappa shape index (κ2) is 9.55. The number of nitrogens with zero attached hydrogens (tertiary/aromatic N) is 1. The van der Waals surface area contributed by atoms with Gasteiger partial charge in [0, 0.05) is 31.8 Å². The molecule has 2 aliphatic rings. The van der Waals surface area contributed by atoms with Gasteiger partial charge in [-0.15, -0.1) is 12.4 Å². The van der Waals surface area contributed by atoms with E-state index in [1.165, 1.54) is 0 Å². The second-order valence-electron chi connectivity index (χ2n) is 5.57. The quantitative estimate of drug-likeness (QED) is 0.761. The maximum Gasteiger partial charge on any atom is 0.234 e. The largest absolute Gasteiger partial charge is 0.381 e. The number of rotatable bonds is 6. The Morgan fingerprint density at radius 3 is 2.70 bits per heavy atom. The van der Waals surface area contributed by atoms with Gasteiger partial charge in [-0.3, -0.25) is 9.69 Å². The van der Waals surface area contributed by atoms with E-state index in [0.717, 1.165) is 58.5 Å². The van der Waals surface area contributed by atoms with Gasteiger partial charge in [-0.05, 0) is 38.8 Å². The zero-order valence-electron chi connectivity index (χ0n) is 12.4. The van der Waals surface area contributed by atoms with E-state index in [-0.39, 0.29) is 18.3 Å². The highest BCUT2D eigenvalue weighted by molar-refractivity contribution is 5.85. The van der Waals surface area contributed by atoms with Crippen molar-refractivity contribution in [1.82, 2.24) is 15.5 Å². The summed E-state index contributed by atoms with van der Waals surface area (Å²) in [6, 6.07) is 0.840. The zero-order valence-corrected chi connectivity index (χ0v) is 13.2. The van der Waals surface area contributed by atoms with Gasteiger partial charge >= 0.3 is 0 Å². The maximum absolute atomic E-state index is 12.1. The SMILES string of the molecule is CCCN(CC(=O)NC1CCOCC1)C1CCNC1.Cl. The van der Waals surface area contributed by atoms with Crippen LogP contribution in [-0.2, 0) is 9.53 Å². The van der Waals surface area contributed by atoms with Crippen LogP contribution in [-0.4, -0.2) is 62.3 Å². The molecule has 2 saturated heterocycles. The summed E-state index contributed by atoms with van der Waals surface area (Å²) in [5.41, 5.74) is 0. The predicted octanol–water partition coefficient (Wildman–Crippen LogP) is 0.777. The Kier molecular flexibility index (Phi) is 8.45. The lowest BCUT2D eigenvalue weighted by Gasteiger charge is -2.29. The van der Waals surface area contributed by atoms with Crippen molar-refractivity contribution in [3.05, 3.63) is 0 Å². The topological polar surface area (TPSA) is 53.6 Å². The summed E-state index contributed by atoms with van der Waals surface area (Å²) in [6.45, 7) is 7.36. The van der Waals surface area contributed by atoms with Crippen molar-refractivity contribution in [2.24, 2.45) is 0 Å². The van der Waals surface area contributed by atoms with E-state index in [0.29, 0.717) is 18.6 Å². The molecule has 2 N–H and O–H groups in total. The molecule has 2 fully saturated rings. The Balaban J connectivity index is 0.00000200. The summed E-state index contributed by atoms with van der Waals surface area (Å²) in [7, 11) is 0. The third-order valence-electron chi connectivity index (χ3n) is 3.99. The highest BCUT2D eigenvalue weighted by atomic mass is 35.5. The summed E-state index contributed by atoms with van der Waals surface area (Å²) in [5, 5.41) is 6.53. The van der Waals surface area contributed by atoms with E-state index >= 15 is 0 Å². The van der Waals surface area contributed by atoms with Crippen LogP contribution < -0.4 is 10.6 Å². The van der Waals surface area contributed by atoms with Crippen molar-refractivity contribution in [2.45, 2.75) is 44.7 Å². The zero-order chi connectivity index (χ0) is 13.5. The van der Waals surface area contributed by atoms with Gasteiger partial charge in [0.05, 0.1) is 6.54 Å². The molecule has 118 valence electrons. The highest BCUT2D eigenvalue weighted by Crippen LogP contribution is 2.10. The predicted molar refractivity (Wildman–Crippen MR) is 82.4 cm³/mol. The molecular formula is C14H28ClN3O2. The van der Waals surface area contributed by atoms with Crippen LogP contribution in [0.1, 0.15) is 32.6 Å². The lowest BCUT2D eigenvalue weighted by atomic mass is 10.1. The molecule has 20 heavy (non-hydrogen) atoms. The molecule has 2 rings (SSSR count). The van der Waals surface area contributed by atoms with Crippen molar-refractivity contribution >= 4 is 18.3 Å². The Hall–Kier alpha value is -0.360. The fraction of sp³-hybridized carbons (Fsp3) is 0.929. The first kappa shape index (κ1) is 17.7. The molecule has 0 spiro atoms. The van der Waals surface area contributed by atoms with Crippen molar-refractivity contribution in [1.29, 1.82) is 0 Å². The Bertz CT molecular complexity index is 280. The minimum Gasteiger partial charge on any atom is -0.381 e. The van der Waals surface area contributed by atoms with Gasteiger partial charge in [-0.1, -0.05) is 6.92 Å². The average Bonchev–Trinajstić information content (AvgIpc) is 2.93. The molecule has 0 radical (unpaired) electrons. The Labute approximate surface area is 128 Å². The van der Waals surface area contributed by atoms with Gasteiger partial charge < -0.3 is 15.4 Å². The third kappa shape index (κ3) is 5.56. The minimum absolute atomic E-state index is 0. The first-order chi connectivity index (χ1) is 9.29. The summed E-state index contributed by atoms with van der Waals surface area (Å²) in [4.78, 5) is 14.5. The molecule has 0 aliphatic carbocycles. The fourth-order valence-corrected chi connectivity index (χ4v) is 2.93. The number of ether oxygens (including phenoxy) is 1. The summed E-state index contributed by atoms with van der Waals surface area (Å²) in [5.74, 6) is 0.173. The van der Waals surface area contributed by atoms with Crippen LogP contribution in [0.15, 0.2) is 0 Å². The summed E-state index contributed by atoms with van der Waals surface area (Å²) < 4.78 is 5.31. The molecule has 0 aromatic carbocycles. The Morgan fingerprint density at radius 2 is 2.10 bits per heavy atom. The van der Waals surface area contributed by atoms with E-state index < -0.39 is 0 Å². The normalized spacial score (nSPS) is 23.6. The van der Waals surface area contributed by atoms with Gasteiger partial charge in [0.15, 0.2) is 0 Å². The molecule has 2 heterocycles. The molecule has 1 amide bonds. The number of nitrogens with one attached hydrogen (secondary N) is 2. The van der Waals surface area contributed by atoms with Crippen molar-refractivity contribution in [3.63, 3.8) is 0 Å². The lowest BCUT2D eigenvalue weighted by molar-refractivity contribution is -0.124. The van der Waals surface area contributed by atoms with Crippen molar-refractivity contribution < 1.29 is 9.53 Å². The van der Waals surface area contributed by atoms with Gasteiger partial charge in [-0.25, -0.2) is 0 Å². The number of carbonyl (C=O) groups is 1. The van der Waals surface area contributed by atoms with Gasteiger partial charge in [0.25, 0.3) is 0 Å². The maximum atomic E-state index is 12.1. The van der Waals surface area contributed by atoms with Crippen LogP contribution in [0, 0.1) is 0 Å². The molecule has 5 nitrogen and oxygen atoms in total. The van der Waals surface area contributed by atoms with Crippen molar-refractivity contribution in [3.8, 4) is 0 Å². The number of carbonyl (C=O) groups excluding carboxylic acids is 1. The molecule has 0 aromatic heterocycles. The van der Waals surface area contributed by atoms with E-state index in [1.54, 1.807) is 0 Å². The molecule has 1 atom stereocenters. The molecule has 0 saturated carbocycles. The van der Waals surface area contributed by atoms with Crippen LogP contribution >= 0.6 is 12.4 Å². The number of hydrogen-bond donors (Lipinski definition) is 2. The standard InChI is InChI=1S/C14H27N3O2.ClH/c1-2-7-17(13-3-6-15-10-13)11-14(18)16-12-4-8-19-9-5-12;/h12-13,15H,2-11H2,1H3,(H,16,18);1H. The molecule has 2 aliphatic heterocycles. The number of hydrogen-bond acceptors (Lipinski definition) is 4. The van der Waals surface area contributed by atoms with Crippen LogP contribution in [0.4, 0.5) is 0 Å². The van der Waals surface area contributed by atoms with E-state index in [1.807, 2.05) is 0 Å². The van der Waals surface area contributed by atoms with Gasteiger partial charge in [-0.2, -0.15) is 0 Å². The molecule has 1 unspecified atom stereocenters. The van der Waals surface area contributed by atoms with E-state index in [4.69, 9.17) is 4.74 Å². The van der Waals surface area contributed by atoms with E-state index in [9.17, 15) is 4.79 Å². The fourth-order valence-electron chi connectivity index (χ4n) is 2.93. The minimum atomic E-state index is 0. The van der Waals surface area contributed by atoms with Gasteiger partial charge in [0.2, 0.25) is 5.91 Å². The van der Waals surface area contributed by atoms with Crippen LogP contribution in [0.5, 0.6) is 0 Å². The first-order valence-corrected chi connectivity index (χ1v) is 7.61. The number of halogens is 1. The molecule has 0 aromatic rings. The molecule has 0 bridgehead atoms. The van der Waals surface area contributed by atoms with Crippen molar-refractivity contribution in [2.75, 3.05) is 39.4 Å². The van der Waals surface area contributed by atoms with Gasteiger partial charge in [0.1, 0.15) is 0 Å². The average molecular weight is 306 g/mol. The lowest BCUT2D eigenvalue weighted by Crippen LogP contribution is -2.47. The molecule has 6 heteroatoms. The smallest absolute Gasteiger partial charge is 0.234 e. The van der Waals surface area contributed by atoms with E-state index in [2.05, 4.69) is 22.5 Å². The summed E-state index contributed by atoms with van der Waals surface area (Å²) in [6.07, 6.45) is 4.15. The Morgan fingerprint density at radius 1 is 1.35 bits per heavy atom. The molecular weight excluding hydrogens is 278 g/mol. The van der Waals surface area contributed by atoms with Crippen LogP contribution in [0.25, 0.3) is 0 Å². The second-order valence-corrected chi connectivity index (χ2v) is 5.57. The number of amides is 1. The monoisotopic (exact) mass is 305 g/mol. The van der Waals surface area contributed by atoms with Crippen LogP contribution in [0.2, 0.25) is 0 Å². The first-order valence-electron chi connectivity index (χ1n) is 7.61. The highest BCUT2D eigenvalue weighted by Gasteiger charge is 2.24.